The standard InChI is InChI=1S/C40H47N3O9/c1-6-51-36(48)39(24-30(44)33-28(34(33)39)22-32(46)50-5)43-35(47)29(41-37(49)52-38(2,3)4)23-31(45)42-40(25-16-10-7-11-17-25,26-18-12-8-13-19-26)27-20-14-9-15-21-27/h7-21,28-30,33-34,44H,6,22-24H2,1-5H3,(H,41,49)(H,42,45)(H,43,47)/t28-,29-,30-,33+,34+,39-/m0/s1. The summed E-state index contributed by atoms with van der Waals surface area (Å²) in [7, 11) is 1.25. The fourth-order valence-corrected chi connectivity index (χ4v) is 7.62. The summed E-state index contributed by atoms with van der Waals surface area (Å²) in [4.78, 5) is 67.7. The van der Waals surface area contributed by atoms with Crippen molar-refractivity contribution in [3.63, 3.8) is 0 Å². The first-order chi connectivity index (χ1) is 24.8. The predicted octanol–water partition coefficient (Wildman–Crippen LogP) is 3.99. The number of benzene rings is 3. The minimum absolute atomic E-state index is 0.00582. The van der Waals surface area contributed by atoms with Crippen LogP contribution in [0, 0.1) is 17.8 Å². The molecular weight excluding hydrogens is 666 g/mol. The Morgan fingerprint density at radius 2 is 1.38 bits per heavy atom. The van der Waals surface area contributed by atoms with E-state index >= 15 is 0 Å². The summed E-state index contributed by atoms with van der Waals surface area (Å²) < 4.78 is 15.7. The quantitative estimate of drug-likeness (QED) is 0.116. The molecule has 12 heteroatoms. The molecule has 0 heterocycles. The Kier molecular flexibility index (Phi) is 11.4. The van der Waals surface area contributed by atoms with Crippen LogP contribution in [0.15, 0.2) is 91.0 Å². The number of ether oxygens (including phenoxy) is 3. The minimum Gasteiger partial charge on any atom is -0.469 e. The van der Waals surface area contributed by atoms with Gasteiger partial charge >= 0.3 is 18.0 Å². The molecule has 0 saturated heterocycles. The van der Waals surface area contributed by atoms with Crippen LogP contribution in [-0.2, 0) is 38.9 Å². The molecule has 0 aromatic heterocycles. The number of amides is 3. The van der Waals surface area contributed by atoms with Gasteiger partial charge in [-0.05, 0) is 56.2 Å². The Hall–Kier alpha value is -5.23. The Bertz CT molecular complexity index is 1650. The lowest BCUT2D eigenvalue weighted by molar-refractivity contribution is -0.156. The van der Waals surface area contributed by atoms with Crippen LogP contribution in [-0.4, -0.2) is 72.0 Å². The molecule has 0 bridgehead atoms. The van der Waals surface area contributed by atoms with Gasteiger partial charge in [-0.1, -0.05) is 91.0 Å². The normalized spacial score (nSPS) is 22.6. The van der Waals surface area contributed by atoms with E-state index < -0.39 is 82.8 Å². The number of aliphatic hydroxyl groups is 1. The molecule has 3 amide bonds. The first kappa shape index (κ1) is 38.0. The van der Waals surface area contributed by atoms with Crippen molar-refractivity contribution < 1.29 is 43.3 Å². The Balaban J connectivity index is 1.51. The highest BCUT2D eigenvalue weighted by molar-refractivity contribution is 5.96. The van der Waals surface area contributed by atoms with Crippen molar-refractivity contribution in [3.05, 3.63) is 108 Å². The highest BCUT2D eigenvalue weighted by atomic mass is 16.6. The monoisotopic (exact) mass is 713 g/mol. The van der Waals surface area contributed by atoms with Crippen LogP contribution < -0.4 is 16.0 Å². The molecule has 2 saturated carbocycles. The summed E-state index contributed by atoms with van der Waals surface area (Å²) in [5.41, 5.74) is -1.61. The number of esters is 2. The Morgan fingerprint density at radius 1 is 0.865 bits per heavy atom. The van der Waals surface area contributed by atoms with Gasteiger partial charge in [-0.25, -0.2) is 9.59 Å². The van der Waals surface area contributed by atoms with Crippen LogP contribution in [0.5, 0.6) is 0 Å². The lowest BCUT2D eigenvalue weighted by Gasteiger charge is -2.37. The molecule has 2 aliphatic carbocycles. The van der Waals surface area contributed by atoms with E-state index in [1.54, 1.807) is 27.7 Å². The van der Waals surface area contributed by atoms with Crippen LogP contribution in [0.4, 0.5) is 4.79 Å². The number of methoxy groups -OCH3 is 1. The second kappa shape index (κ2) is 15.6. The van der Waals surface area contributed by atoms with Gasteiger partial charge in [-0.2, -0.15) is 0 Å². The van der Waals surface area contributed by atoms with Crippen LogP contribution >= 0.6 is 0 Å². The summed E-state index contributed by atoms with van der Waals surface area (Å²) in [5.74, 6) is -4.32. The fraction of sp³-hybridized carbons (Fsp3) is 0.425. The number of rotatable bonds is 13. The van der Waals surface area contributed by atoms with Gasteiger partial charge in [0.15, 0.2) is 0 Å². The highest BCUT2D eigenvalue weighted by Gasteiger charge is 2.73. The molecule has 6 atom stereocenters. The number of carbonyl (C=O) groups excluding carboxylic acids is 5. The smallest absolute Gasteiger partial charge is 0.408 e. The maximum Gasteiger partial charge on any atom is 0.408 e. The van der Waals surface area contributed by atoms with Gasteiger partial charge in [0.2, 0.25) is 11.8 Å². The number of hydrogen-bond acceptors (Lipinski definition) is 9. The van der Waals surface area contributed by atoms with Gasteiger partial charge < -0.3 is 35.3 Å². The molecule has 0 radical (unpaired) electrons. The molecule has 0 spiro atoms. The average Bonchev–Trinajstić information content (AvgIpc) is 3.75. The molecule has 0 aliphatic heterocycles. The topological polar surface area (TPSA) is 169 Å². The van der Waals surface area contributed by atoms with Gasteiger partial charge in [0, 0.05) is 18.8 Å². The number of aliphatic hydroxyl groups excluding tert-OH is 1. The Labute approximate surface area is 303 Å². The first-order valence-electron chi connectivity index (χ1n) is 17.5. The van der Waals surface area contributed by atoms with E-state index in [1.165, 1.54) is 7.11 Å². The largest absolute Gasteiger partial charge is 0.469 e. The molecule has 3 aromatic carbocycles. The van der Waals surface area contributed by atoms with E-state index in [4.69, 9.17) is 14.2 Å². The van der Waals surface area contributed by atoms with Crippen molar-refractivity contribution in [2.24, 2.45) is 17.8 Å². The predicted molar refractivity (Wildman–Crippen MR) is 190 cm³/mol. The van der Waals surface area contributed by atoms with Crippen molar-refractivity contribution in [1.82, 2.24) is 16.0 Å². The van der Waals surface area contributed by atoms with Crippen molar-refractivity contribution in [3.8, 4) is 0 Å². The summed E-state index contributed by atoms with van der Waals surface area (Å²) in [6.07, 6.45) is -2.77. The summed E-state index contributed by atoms with van der Waals surface area (Å²) in [5, 5.41) is 19.5. The zero-order chi connectivity index (χ0) is 37.7. The third-order valence-electron chi connectivity index (χ3n) is 9.73. The van der Waals surface area contributed by atoms with Crippen LogP contribution in [0.3, 0.4) is 0 Å². The van der Waals surface area contributed by atoms with Gasteiger partial charge in [0.1, 0.15) is 22.7 Å². The van der Waals surface area contributed by atoms with Gasteiger partial charge in [0.05, 0.1) is 26.2 Å². The highest BCUT2D eigenvalue weighted by Crippen LogP contribution is 2.64. The van der Waals surface area contributed by atoms with Crippen molar-refractivity contribution in [2.75, 3.05) is 13.7 Å². The lowest BCUT2D eigenvalue weighted by atomic mass is 9.77. The molecule has 2 fully saturated rings. The van der Waals surface area contributed by atoms with Crippen LogP contribution in [0.25, 0.3) is 0 Å². The number of carbonyl (C=O) groups is 5. The third-order valence-corrected chi connectivity index (χ3v) is 9.73. The summed E-state index contributed by atoms with van der Waals surface area (Å²) >= 11 is 0. The second-order valence-electron chi connectivity index (χ2n) is 14.3. The molecule has 52 heavy (non-hydrogen) atoms. The minimum atomic E-state index is -1.72. The molecule has 5 rings (SSSR count). The number of fused-ring (bicyclic) bond motifs is 1. The van der Waals surface area contributed by atoms with Crippen molar-refractivity contribution >= 4 is 29.8 Å². The van der Waals surface area contributed by atoms with E-state index in [2.05, 4.69) is 16.0 Å². The maximum atomic E-state index is 14.4. The zero-order valence-corrected chi connectivity index (χ0v) is 30.1. The zero-order valence-electron chi connectivity index (χ0n) is 30.1. The fourth-order valence-electron chi connectivity index (χ4n) is 7.62. The first-order valence-corrected chi connectivity index (χ1v) is 17.5. The van der Waals surface area contributed by atoms with Gasteiger partial charge in [-0.15, -0.1) is 0 Å². The molecule has 3 aromatic rings. The molecule has 2 aliphatic rings. The van der Waals surface area contributed by atoms with E-state index in [0.717, 1.165) is 16.7 Å². The number of hydrogen-bond donors (Lipinski definition) is 4. The average molecular weight is 714 g/mol. The molecule has 276 valence electrons. The molecule has 0 unspecified atom stereocenters. The summed E-state index contributed by atoms with van der Waals surface area (Å²) in [6, 6.07) is 26.7. The molecule has 12 nitrogen and oxygen atoms in total. The van der Waals surface area contributed by atoms with Crippen molar-refractivity contribution in [2.45, 2.75) is 75.8 Å². The second-order valence-corrected chi connectivity index (χ2v) is 14.3. The van der Waals surface area contributed by atoms with Crippen molar-refractivity contribution in [1.29, 1.82) is 0 Å². The van der Waals surface area contributed by atoms with E-state index in [1.807, 2.05) is 91.0 Å². The lowest BCUT2D eigenvalue weighted by Crippen LogP contribution is -2.62. The van der Waals surface area contributed by atoms with Gasteiger partial charge in [-0.3, -0.25) is 14.4 Å². The number of nitrogens with one attached hydrogen (secondary N) is 3. The third kappa shape index (κ3) is 7.97. The maximum absolute atomic E-state index is 14.4. The Morgan fingerprint density at radius 3 is 1.85 bits per heavy atom. The van der Waals surface area contributed by atoms with E-state index in [-0.39, 0.29) is 19.4 Å². The number of alkyl carbamates (subject to hydrolysis) is 1. The summed E-state index contributed by atoms with van der Waals surface area (Å²) in [6.45, 7) is 6.59. The SMILES string of the molecule is CCOC(=O)[C@]1(NC(=O)[C@H](CC(=O)NC(c2ccccc2)(c2ccccc2)c2ccccc2)NC(=O)OC(C)(C)C)C[C@H](O)[C@H]2[C@H](CC(=O)OC)[C@H]21. The van der Waals surface area contributed by atoms with E-state index in [0.29, 0.717) is 0 Å². The molecule has 4 N–H and O–H groups in total. The van der Waals surface area contributed by atoms with E-state index in [9.17, 15) is 29.1 Å². The molecular formula is C40H47N3O9. The van der Waals surface area contributed by atoms with Crippen LogP contribution in [0.2, 0.25) is 0 Å². The van der Waals surface area contributed by atoms with Gasteiger partial charge in [0.25, 0.3) is 0 Å². The van der Waals surface area contributed by atoms with Crippen LogP contribution in [0.1, 0.15) is 63.6 Å².